The Morgan fingerprint density at radius 3 is 2.84 bits per heavy atom. The van der Waals surface area contributed by atoms with Crippen molar-refractivity contribution in [1.82, 2.24) is 34.7 Å². The van der Waals surface area contributed by atoms with Crippen LogP contribution in [0.3, 0.4) is 0 Å². The van der Waals surface area contributed by atoms with E-state index < -0.39 is 0 Å². The molecule has 0 spiro atoms. The monoisotopic (exact) mass is 553 g/mol. The molecule has 38 heavy (non-hydrogen) atoms. The van der Waals surface area contributed by atoms with Gasteiger partial charge in [-0.1, -0.05) is 11.6 Å². The molecule has 9 nitrogen and oxygen atoms in total. The predicted octanol–water partition coefficient (Wildman–Crippen LogP) is 4.56. The van der Waals surface area contributed by atoms with E-state index in [4.69, 9.17) is 26.1 Å². The van der Waals surface area contributed by atoms with Crippen LogP contribution >= 0.6 is 22.9 Å². The number of piperazine rings is 1. The molecule has 1 saturated heterocycles. The van der Waals surface area contributed by atoms with Crippen LogP contribution in [0.2, 0.25) is 5.02 Å². The number of hydrogen-bond acceptors (Lipinski definition) is 9. The van der Waals surface area contributed by atoms with E-state index in [2.05, 4.69) is 45.9 Å². The van der Waals surface area contributed by atoms with Crippen molar-refractivity contribution >= 4 is 34.1 Å². The van der Waals surface area contributed by atoms with Crippen molar-refractivity contribution in [2.45, 2.75) is 51.8 Å². The van der Waals surface area contributed by atoms with Gasteiger partial charge in [-0.05, 0) is 51.8 Å². The first-order valence-electron chi connectivity index (χ1n) is 13.1. The highest BCUT2D eigenvalue weighted by Crippen LogP contribution is 2.41. The molecular weight excluding hydrogens is 522 g/mol. The van der Waals surface area contributed by atoms with E-state index in [1.807, 2.05) is 29.0 Å². The number of nitrogens with zero attached hydrogens (tertiary/aromatic N) is 6. The zero-order valence-electron chi connectivity index (χ0n) is 21.9. The molecule has 0 amide bonds. The zero-order valence-corrected chi connectivity index (χ0v) is 23.5. The smallest absolute Gasteiger partial charge is 0.245 e. The van der Waals surface area contributed by atoms with E-state index in [0.29, 0.717) is 47.1 Å². The van der Waals surface area contributed by atoms with Crippen molar-refractivity contribution in [3.8, 4) is 23.0 Å². The third kappa shape index (κ3) is 5.36. The molecular formula is C27H32ClN7O2S. The van der Waals surface area contributed by atoms with Gasteiger partial charge < -0.3 is 19.4 Å². The number of halogens is 1. The Kier molecular flexibility index (Phi) is 6.98. The summed E-state index contributed by atoms with van der Waals surface area (Å²) in [7, 11) is 0. The minimum atomic E-state index is -0.184. The normalized spacial score (nSPS) is 19.1. The number of imidazole rings is 1. The number of thiazole rings is 1. The molecule has 1 saturated carbocycles. The third-order valence-corrected chi connectivity index (χ3v) is 8.44. The molecule has 1 aromatic carbocycles. The lowest BCUT2D eigenvalue weighted by atomic mass is 10.2. The Morgan fingerprint density at radius 2 is 2.11 bits per heavy atom. The number of aryl methyl sites for hydroxylation is 1. The molecule has 11 heteroatoms. The number of fused-ring (bicyclic) bond motifs is 1. The largest absolute Gasteiger partial charge is 0.492 e. The van der Waals surface area contributed by atoms with Gasteiger partial charge in [-0.15, -0.1) is 11.3 Å². The van der Waals surface area contributed by atoms with Crippen molar-refractivity contribution < 1.29 is 9.47 Å². The molecule has 0 unspecified atom stereocenters. The second-order valence-corrected chi connectivity index (χ2v) is 12.1. The molecule has 6 rings (SSSR count). The van der Waals surface area contributed by atoms with Gasteiger partial charge in [0, 0.05) is 48.9 Å². The summed E-state index contributed by atoms with van der Waals surface area (Å²) in [5.74, 6) is 1.94. The van der Waals surface area contributed by atoms with E-state index in [0.717, 1.165) is 60.2 Å². The van der Waals surface area contributed by atoms with Crippen LogP contribution in [-0.4, -0.2) is 73.8 Å². The van der Waals surface area contributed by atoms with Gasteiger partial charge >= 0.3 is 0 Å². The quantitative estimate of drug-likeness (QED) is 0.322. The number of rotatable bonds is 9. The topological polar surface area (TPSA) is 90.2 Å². The van der Waals surface area contributed by atoms with Gasteiger partial charge in [0.25, 0.3) is 0 Å². The van der Waals surface area contributed by atoms with E-state index in [1.165, 1.54) is 6.33 Å². The second-order valence-electron chi connectivity index (χ2n) is 10.4. The van der Waals surface area contributed by atoms with Gasteiger partial charge in [-0.2, -0.15) is 4.98 Å². The molecule has 0 bridgehead atoms. The average Bonchev–Trinajstić information content (AvgIpc) is 3.30. The van der Waals surface area contributed by atoms with Crippen LogP contribution < -0.4 is 14.8 Å². The van der Waals surface area contributed by atoms with Crippen LogP contribution in [0.5, 0.6) is 11.6 Å². The molecule has 1 aliphatic carbocycles. The van der Waals surface area contributed by atoms with Crippen molar-refractivity contribution in [1.29, 1.82) is 0 Å². The van der Waals surface area contributed by atoms with E-state index >= 15 is 0 Å². The standard InChI is InChI=1S/C27H32ClN7O2S/c1-17-13-29-8-9-34(17)10-11-36-19-4-5-20(21(28)12-19)24-33-23-25(35(24)15-22-30-14-18(2)38-22)31-16-32-26(23)37-27(3)6-7-27/h4-5,12,14,16-17,29H,6-11,13,15H2,1-3H3/t17-/m0/s1. The van der Waals surface area contributed by atoms with Crippen molar-refractivity contribution in [3.63, 3.8) is 0 Å². The van der Waals surface area contributed by atoms with Crippen molar-refractivity contribution in [3.05, 3.63) is 45.6 Å². The summed E-state index contributed by atoms with van der Waals surface area (Å²) in [6, 6.07) is 6.29. The third-order valence-electron chi connectivity index (χ3n) is 7.23. The van der Waals surface area contributed by atoms with Crippen LogP contribution in [0.25, 0.3) is 22.6 Å². The molecule has 4 heterocycles. The van der Waals surface area contributed by atoms with E-state index in [-0.39, 0.29) is 5.60 Å². The van der Waals surface area contributed by atoms with Gasteiger partial charge in [-0.25, -0.2) is 15.0 Å². The van der Waals surface area contributed by atoms with Gasteiger partial charge in [0.15, 0.2) is 11.2 Å². The van der Waals surface area contributed by atoms with E-state index in [9.17, 15) is 0 Å². The summed E-state index contributed by atoms with van der Waals surface area (Å²) < 4.78 is 14.4. The highest BCUT2D eigenvalue weighted by Gasteiger charge is 2.41. The Morgan fingerprint density at radius 1 is 1.24 bits per heavy atom. The molecule has 1 aliphatic heterocycles. The first-order chi connectivity index (χ1) is 18.4. The summed E-state index contributed by atoms with van der Waals surface area (Å²) in [4.78, 5) is 22.2. The van der Waals surface area contributed by atoms with Gasteiger partial charge in [0.1, 0.15) is 35.1 Å². The fourth-order valence-corrected chi connectivity index (χ4v) is 5.76. The second kappa shape index (κ2) is 10.4. The summed E-state index contributed by atoms with van der Waals surface area (Å²) in [6.45, 7) is 11.5. The maximum Gasteiger partial charge on any atom is 0.245 e. The highest BCUT2D eigenvalue weighted by atomic mass is 35.5. The SMILES string of the molecule is Cc1cnc(Cn2c(-c3ccc(OCCN4CCNC[C@@H]4C)cc3Cl)nc3c(OC4(C)CC4)ncnc32)s1. The minimum Gasteiger partial charge on any atom is -0.492 e. The average molecular weight is 554 g/mol. The predicted molar refractivity (Wildman–Crippen MR) is 149 cm³/mol. The molecule has 1 N–H and O–H groups in total. The number of aromatic nitrogens is 5. The van der Waals surface area contributed by atoms with Crippen LogP contribution in [0.4, 0.5) is 0 Å². The molecule has 4 aromatic rings. The molecule has 3 aromatic heterocycles. The number of ether oxygens (including phenoxy) is 2. The van der Waals surface area contributed by atoms with Crippen LogP contribution in [0.1, 0.15) is 36.6 Å². The van der Waals surface area contributed by atoms with Gasteiger partial charge in [0.2, 0.25) is 5.88 Å². The summed E-state index contributed by atoms with van der Waals surface area (Å²) in [6.07, 6.45) is 5.43. The Hall–Kier alpha value is -2.79. The lowest BCUT2D eigenvalue weighted by Gasteiger charge is -2.33. The zero-order chi connectivity index (χ0) is 26.3. The molecule has 200 valence electrons. The number of hydrogen-bond donors (Lipinski definition) is 1. The first kappa shape index (κ1) is 25.5. The fourth-order valence-electron chi connectivity index (χ4n) is 4.73. The lowest BCUT2D eigenvalue weighted by molar-refractivity contribution is 0.143. The highest BCUT2D eigenvalue weighted by molar-refractivity contribution is 7.11. The van der Waals surface area contributed by atoms with Crippen LogP contribution in [0, 0.1) is 6.92 Å². The summed E-state index contributed by atoms with van der Waals surface area (Å²) in [5, 5.41) is 4.96. The Balaban J connectivity index is 1.30. The number of benzene rings is 1. The fraction of sp³-hybridized carbons (Fsp3) is 0.481. The van der Waals surface area contributed by atoms with Gasteiger partial charge in [-0.3, -0.25) is 4.90 Å². The van der Waals surface area contributed by atoms with Crippen molar-refractivity contribution in [2.75, 3.05) is 32.8 Å². The van der Waals surface area contributed by atoms with Crippen molar-refractivity contribution in [2.24, 2.45) is 0 Å². The lowest BCUT2D eigenvalue weighted by Crippen LogP contribution is -2.50. The van der Waals surface area contributed by atoms with Crippen LogP contribution in [-0.2, 0) is 6.54 Å². The molecule has 1 atom stereocenters. The summed E-state index contributed by atoms with van der Waals surface area (Å²) in [5.41, 5.74) is 1.94. The van der Waals surface area contributed by atoms with Gasteiger partial charge in [0.05, 0.1) is 11.6 Å². The first-order valence-corrected chi connectivity index (χ1v) is 14.3. The Bertz CT molecular complexity index is 1450. The summed E-state index contributed by atoms with van der Waals surface area (Å²) >= 11 is 8.50. The Labute approximate surface area is 231 Å². The number of nitrogens with one attached hydrogen (secondary N) is 1. The van der Waals surface area contributed by atoms with E-state index in [1.54, 1.807) is 11.3 Å². The molecule has 2 fully saturated rings. The molecule has 0 radical (unpaired) electrons. The molecule has 2 aliphatic rings. The maximum absolute atomic E-state index is 6.85. The maximum atomic E-state index is 6.85. The van der Waals surface area contributed by atoms with Crippen LogP contribution in [0.15, 0.2) is 30.7 Å². The minimum absolute atomic E-state index is 0.184.